The third kappa shape index (κ3) is 10.1. The van der Waals surface area contributed by atoms with Crippen LogP contribution in [0.5, 0.6) is 0 Å². The van der Waals surface area contributed by atoms with Crippen molar-refractivity contribution in [3.05, 3.63) is 35.9 Å². The summed E-state index contributed by atoms with van der Waals surface area (Å²) in [6.45, 7) is 4.51. The Kier molecular flexibility index (Phi) is 11.7. The molecule has 0 saturated heterocycles. The molecule has 1 aromatic rings. The highest BCUT2D eigenvalue weighted by molar-refractivity contribution is 5.78. The standard InChI is InChI=1S/C22H34O3/c1-3-12-20(16-10-5-6-11-17-21(23)13-4-2)22(24)25-18-19-14-8-7-9-15-19/h7-9,14-15,20H,3-6,10-13,16-18H2,1-2H3. The van der Waals surface area contributed by atoms with Crippen LogP contribution in [0.4, 0.5) is 0 Å². The van der Waals surface area contributed by atoms with Crippen LogP contribution in [0, 0.1) is 5.92 Å². The fraction of sp³-hybridized carbons (Fsp3) is 0.636. The molecule has 1 unspecified atom stereocenters. The Morgan fingerprint density at radius 2 is 1.60 bits per heavy atom. The minimum absolute atomic E-state index is 0.00966. The first kappa shape index (κ1) is 21.4. The lowest BCUT2D eigenvalue weighted by Crippen LogP contribution is -2.17. The molecule has 0 aromatic heterocycles. The Morgan fingerprint density at radius 3 is 2.28 bits per heavy atom. The van der Waals surface area contributed by atoms with E-state index in [4.69, 9.17) is 4.74 Å². The van der Waals surface area contributed by atoms with Gasteiger partial charge in [0.05, 0.1) is 5.92 Å². The molecule has 0 bridgehead atoms. The Balaban J connectivity index is 2.22. The lowest BCUT2D eigenvalue weighted by atomic mass is 9.96. The van der Waals surface area contributed by atoms with E-state index in [-0.39, 0.29) is 11.9 Å². The molecular formula is C22H34O3. The van der Waals surface area contributed by atoms with Gasteiger partial charge in [-0.2, -0.15) is 0 Å². The molecule has 1 aromatic carbocycles. The minimum Gasteiger partial charge on any atom is -0.461 e. The van der Waals surface area contributed by atoms with Crippen molar-refractivity contribution in [3.8, 4) is 0 Å². The van der Waals surface area contributed by atoms with Gasteiger partial charge in [0.2, 0.25) is 0 Å². The molecule has 1 atom stereocenters. The monoisotopic (exact) mass is 346 g/mol. The largest absolute Gasteiger partial charge is 0.461 e. The lowest BCUT2D eigenvalue weighted by molar-refractivity contribution is -0.150. The molecule has 140 valence electrons. The van der Waals surface area contributed by atoms with Crippen LogP contribution >= 0.6 is 0 Å². The van der Waals surface area contributed by atoms with Crippen molar-refractivity contribution < 1.29 is 14.3 Å². The van der Waals surface area contributed by atoms with Gasteiger partial charge in [0.15, 0.2) is 0 Å². The van der Waals surface area contributed by atoms with Gasteiger partial charge in [0, 0.05) is 12.8 Å². The Hall–Kier alpha value is -1.64. The highest BCUT2D eigenvalue weighted by Crippen LogP contribution is 2.19. The zero-order valence-corrected chi connectivity index (χ0v) is 16.0. The van der Waals surface area contributed by atoms with E-state index in [1.54, 1.807) is 0 Å². The van der Waals surface area contributed by atoms with Crippen LogP contribution in [-0.4, -0.2) is 11.8 Å². The SMILES string of the molecule is CCCC(=O)CCCCCCC(CCC)C(=O)OCc1ccccc1. The van der Waals surface area contributed by atoms with Crippen molar-refractivity contribution in [1.82, 2.24) is 0 Å². The van der Waals surface area contributed by atoms with Crippen molar-refractivity contribution in [1.29, 1.82) is 0 Å². The van der Waals surface area contributed by atoms with Crippen LogP contribution in [0.25, 0.3) is 0 Å². The van der Waals surface area contributed by atoms with E-state index < -0.39 is 0 Å². The van der Waals surface area contributed by atoms with E-state index in [1.165, 1.54) is 0 Å². The maximum atomic E-state index is 12.3. The molecule has 0 heterocycles. The third-order valence-electron chi connectivity index (χ3n) is 4.48. The molecule has 3 nitrogen and oxygen atoms in total. The summed E-state index contributed by atoms with van der Waals surface area (Å²) in [5.74, 6) is 0.329. The Labute approximate surface area is 153 Å². The summed E-state index contributed by atoms with van der Waals surface area (Å²) in [6, 6.07) is 9.82. The molecule has 0 spiro atoms. The van der Waals surface area contributed by atoms with Gasteiger partial charge >= 0.3 is 5.97 Å². The maximum absolute atomic E-state index is 12.3. The summed E-state index contributed by atoms with van der Waals surface area (Å²) >= 11 is 0. The highest BCUT2D eigenvalue weighted by Gasteiger charge is 2.18. The van der Waals surface area contributed by atoms with Gasteiger partial charge in [-0.1, -0.05) is 69.9 Å². The summed E-state index contributed by atoms with van der Waals surface area (Å²) in [6.07, 6.45) is 9.34. The molecule has 25 heavy (non-hydrogen) atoms. The summed E-state index contributed by atoms with van der Waals surface area (Å²) in [4.78, 5) is 23.8. The van der Waals surface area contributed by atoms with E-state index in [0.717, 1.165) is 56.9 Å². The number of ketones is 1. The molecule has 0 N–H and O–H groups in total. The van der Waals surface area contributed by atoms with Crippen molar-refractivity contribution in [2.75, 3.05) is 0 Å². The number of Topliss-reactive ketones (excluding diaryl/α,β-unsaturated/α-hetero) is 1. The second-order valence-electron chi connectivity index (χ2n) is 6.82. The fourth-order valence-corrected chi connectivity index (χ4v) is 3.05. The molecular weight excluding hydrogens is 312 g/mol. The van der Waals surface area contributed by atoms with Gasteiger partial charge in [-0.05, 0) is 31.2 Å². The number of benzene rings is 1. The van der Waals surface area contributed by atoms with Crippen LogP contribution in [0.2, 0.25) is 0 Å². The van der Waals surface area contributed by atoms with Crippen molar-refractivity contribution >= 4 is 11.8 Å². The summed E-state index contributed by atoms with van der Waals surface area (Å²) in [5.41, 5.74) is 1.03. The van der Waals surface area contributed by atoms with E-state index in [0.29, 0.717) is 25.2 Å². The smallest absolute Gasteiger partial charge is 0.309 e. The molecule has 0 saturated carbocycles. The number of unbranched alkanes of at least 4 members (excludes halogenated alkanes) is 3. The van der Waals surface area contributed by atoms with Gasteiger partial charge in [0.1, 0.15) is 12.4 Å². The van der Waals surface area contributed by atoms with Gasteiger partial charge in [-0.15, -0.1) is 0 Å². The fourth-order valence-electron chi connectivity index (χ4n) is 3.05. The second kappa shape index (κ2) is 13.6. The van der Waals surface area contributed by atoms with Crippen LogP contribution in [-0.2, 0) is 20.9 Å². The number of rotatable bonds is 14. The van der Waals surface area contributed by atoms with E-state index in [1.807, 2.05) is 37.3 Å². The zero-order valence-electron chi connectivity index (χ0n) is 16.0. The number of carbonyl (C=O) groups excluding carboxylic acids is 2. The topological polar surface area (TPSA) is 43.4 Å². The van der Waals surface area contributed by atoms with E-state index in [2.05, 4.69) is 6.92 Å². The molecule has 0 amide bonds. The first-order valence-electron chi connectivity index (χ1n) is 9.89. The van der Waals surface area contributed by atoms with E-state index >= 15 is 0 Å². The average Bonchev–Trinajstić information content (AvgIpc) is 2.62. The minimum atomic E-state index is -0.0659. The summed E-state index contributed by atoms with van der Waals surface area (Å²) < 4.78 is 5.50. The maximum Gasteiger partial charge on any atom is 0.309 e. The summed E-state index contributed by atoms with van der Waals surface area (Å²) in [7, 11) is 0. The van der Waals surface area contributed by atoms with Gasteiger partial charge < -0.3 is 4.74 Å². The summed E-state index contributed by atoms with van der Waals surface area (Å²) in [5, 5.41) is 0. The van der Waals surface area contributed by atoms with Crippen LogP contribution < -0.4 is 0 Å². The van der Waals surface area contributed by atoms with E-state index in [9.17, 15) is 9.59 Å². The molecule has 0 aliphatic rings. The Bertz CT molecular complexity index is 481. The third-order valence-corrected chi connectivity index (χ3v) is 4.48. The predicted molar refractivity (Wildman–Crippen MR) is 102 cm³/mol. The number of hydrogen-bond acceptors (Lipinski definition) is 3. The first-order chi connectivity index (χ1) is 12.2. The van der Waals surface area contributed by atoms with Crippen molar-refractivity contribution in [2.45, 2.75) is 84.7 Å². The predicted octanol–water partition coefficient (Wildman–Crippen LogP) is 5.86. The quantitative estimate of drug-likeness (QED) is 0.313. The molecule has 0 aliphatic carbocycles. The van der Waals surface area contributed by atoms with Crippen molar-refractivity contribution in [2.24, 2.45) is 5.92 Å². The van der Waals surface area contributed by atoms with Gasteiger partial charge in [-0.25, -0.2) is 0 Å². The molecule has 0 radical (unpaired) electrons. The van der Waals surface area contributed by atoms with Crippen LogP contribution in [0.15, 0.2) is 30.3 Å². The van der Waals surface area contributed by atoms with Crippen molar-refractivity contribution in [3.63, 3.8) is 0 Å². The van der Waals surface area contributed by atoms with Gasteiger partial charge in [0.25, 0.3) is 0 Å². The zero-order chi connectivity index (χ0) is 18.3. The van der Waals surface area contributed by atoms with Crippen LogP contribution in [0.3, 0.4) is 0 Å². The lowest BCUT2D eigenvalue weighted by Gasteiger charge is -2.15. The first-order valence-corrected chi connectivity index (χ1v) is 9.89. The molecule has 1 rings (SSSR count). The second-order valence-corrected chi connectivity index (χ2v) is 6.82. The average molecular weight is 347 g/mol. The van der Waals surface area contributed by atoms with Gasteiger partial charge in [-0.3, -0.25) is 9.59 Å². The number of esters is 1. The molecule has 0 fully saturated rings. The molecule has 3 heteroatoms. The number of carbonyl (C=O) groups is 2. The Morgan fingerprint density at radius 1 is 0.880 bits per heavy atom. The molecule has 0 aliphatic heterocycles. The highest BCUT2D eigenvalue weighted by atomic mass is 16.5. The van der Waals surface area contributed by atoms with Crippen LogP contribution in [0.1, 0.15) is 83.6 Å². The number of ether oxygens (including phenoxy) is 1. The normalized spacial score (nSPS) is 11.9. The number of hydrogen-bond donors (Lipinski definition) is 0.